The Labute approximate surface area is 170 Å². The van der Waals surface area contributed by atoms with Crippen molar-refractivity contribution in [1.29, 1.82) is 0 Å². The summed E-state index contributed by atoms with van der Waals surface area (Å²) < 4.78 is 1.89. The van der Waals surface area contributed by atoms with Crippen LogP contribution in [0.4, 0.5) is 5.69 Å². The Hall–Kier alpha value is -3.16. The summed E-state index contributed by atoms with van der Waals surface area (Å²) in [7, 11) is 7.88. The summed E-state index contributed by atoms with van der Waals surface area (Å²) in [6.45, 7) is 2.54. The van der Waals surface area contributed by atoms with Gasteiger partial charge in [0.1, 0.15) is 18.0 Å². The summed E-state index contributed by atoms with van der Waals surface area (Å²) >= 11 is 0. The summed E-state index contributed by atoms with van der Waals surface area (Å²) in [5, 5.41) is 23.2. The average molecular weight is 396 g/mol. The normalized spacial score (nSPS) is 12.0. The van der Waals surface area contributed by atoms with E-state index in [0.29, 0.717) is 28.7 Å². The minimum absolute atomic E-state index is 0.0491. The molecule has 152 valence electrons. The maximum absolute atomic E-state index is 12.1. The van der Waals surface area contributed by atoms with Gasteiger partial charge in [0.2, 0.25) is 0 Å². The fraction of sp³-hybridized carbons (Fsp3) is 0.273. The highest BCUT2D eigenvalue weighted by molar-refractivity contribution is 5.98. The number of nitrogens with one attached hydrogen (secondary N) is 2. The number of aromatic nitrogens is 1. The molecule has 0 atom stereocenters. The van der Waals surface area contributed by atoms with Crippen molar-refractivity contribution < 1.29 is 19.8 Å². The number of phenols is 1. The monoisotopic (exact) mass is 396 g/mol. The van der Waals surface area contributed by atoms with Gasteiger partial charge < -0.3 is 19.5 Å². The fourth-order valence-electron chi connectivity index (χ4n) is 3.52. The number of nitro groups is 1. The van der Waals surface area contributed by atoms with E-state index in [1.807, 2.05) is 70.1 Å². The molecule has 1 heterocycles. The van der Waals surface area contributed by atoms with Gasteiger partial charge in [0.15, 0.2) is 0 Å². The van der Waals surface area contributed by atoms with Crippen LogP contribution in [0.1, 0.15) is 16.8 Å². The van der Waals surface area contributed by atoms with E-state index in [2.05, 4.69) is 0 Å². The highest BCUT2D eigenvalue weighted by atomic mass is 16.6. The maximum Gasteiger partial charge on any atom is 0.302 e. The Morgan fingerprint density at radius 1 is 1.10 bits per heavy atom. The number of quaternary nitrogens is 2. The summed E-state index contributed by atoms with van der Waals surface area (Å²) in [6, 6.07) is 11.1. The van der Waals surface area contributed by atoms with Crippen LogP contribution in [-0.2, 0) is 6.54 Å². The van der Waals surface area contributed by atoms with Gasteiger partial charge in [0.05, 0.1) is 55.8 Å². The molecule has 0 aliphatic heterocycles. The van der Waals surface area contributed by atoms with E-state index in [9.17, 15) is 15.2 Å². The first-order chi connectivity index (χ1) is 13.7. The van der Waals surface area contributed by atoms with E-state index < -0.39 is 0 Å². The molecule has 1 aromatic heterocycles. The number of phenolic OH excluding ortho intramolecular Hbond substituents is 1. The first-order valence-electron chi connectivity index (χ1n) is 9.58. The van der Waals surface area contributed by atoms with E-state index in [0.717, 1.165) is 21.1 Å². The lowest BCUT2D eigenvalue weighted by Crippen LogP contribution is -3.04. The third-order valence-electron chi connectivity index (χ3n) is 4.80. The highest BCUT2D eigenvalue weighted by Crippen LogP contribution is 2.40. The van der Waals surface area contributed by atoms with E-state index in [1.165, 1.54) is 0 Å². The number of nitrogens with zero attached hydrogens (tertiary/aromatic N) is 2. The summed E-state index contributed by atoms with van der Waals surface area (Å²) in [5.41, 5.74) is 3.85. The molecule has 3 rings (SSSR count). The lowest BCUT2D eigenvalue weighted by Gasteiger charge is -2.14. The predicted molar refractivity (Wildman–Crippen MR) is 115 cm³/mol. The number of benzene rings is 2. The molecule has 0 spiro atoms. The fourth-order valence-corrected chi connectivity index (χ4v) is 3.52. The first-order valence-corrected chi connectivity index (χ1v) is 9.58. The van der Waals surface area contributed by atoms with Gasteiger partial charge in [-0.15, -0.1) is 0 Å². The van der Waals surface area contributed by atoms with Gasteiger partial charge in [-0.1, -0.05) is 17.7 Å². The second-order valence-electron chi connectivity index (χ2n) is 7.92. The lowest BCUT2D eigenvalue weighted by atomic mass is 10.1. The van der Waals surface area contributed by atoms with E-state index in [1.54, 1.807) is 18.2 Å². The Morgan fingerprint density at radius 3 is 2.31 bits per heavy atom. The molecule has 3 N–H and O–H groups in total. The van der Waals surface area contributed by atoms with Gasteiger partial charge in [0, 0.05) is 11.8 Å². The summed E-state index contributed by atoms with van der Waals surface area (Å²) in [4.78, 5) is 13.9. The molecule has 0 bridgehead atoms. The number of rotatable bonds is 6. The zero-order valence-electron chi connectivity index (χ0n) is 17.5. The predicted octanol–water partition coefficient (Wildman–Crippen LogP) is 1.31. The third kappa shape index (κ3) is 4.01. The number of hydrogen-bond acceptors (Lipinski definition) is 3. The molecule has 0 aliphatic rings. The standard InChI is InChI=1S/C22H26N4O3/c1-15-6-8-16(9-7-15)25-19(12-13-23(2)3)22(26(28)29)17-10-11-20(27)18(21(17)25)14-24(4)5/h6-13,27H,14H2,1-5H3/p+2. The number of hydrogen-bond donors (Lipinski definition) is 3. The van der Waals surface area contributed by atoms with Gasteiger partial charge >= 0.3 is 5.69 Å². The van der Waals surface area contributed by atoms with Crippen LogP contribution in [0, 0.1) is 17.0 Å². The van der Waals surface area contributed by atoms with Crippen LogP contribution in [-0.4, -0.2) is 42.8 Å². The Bertz CT molecular complexity index is 1080. The minimum atomic E-state index is -0.332. The van der Waals surface area contributed by atoms with E-state index in [-0.39, 0.29) is 16.4 Å². The van der Waals surface area contributed by atoms with E-state index in [4.69, 9.17) is 0 Å². The first kappa shape index (κ1) is 20.6. The lowest BCUT2D eigenvalue weighted by molar-refractivity contribution is -0.872. The van der Waals surface area contributed by atoms with Crippen molar-refractivity contribution in [3.8, 4) is 11.4 Å². The van der Waals surface area contributed by atoms with Gasteiger partial charge in [0.25, 0.3) is 0 Å². The molecule has 7 heteroatoms. The number of aryl methyl sites for hydroxylation is 1. The molecular weight excluding hydrogens is 368 g/mol. The number of fused-ring (bicyclic) bond motifs is 1. The van der Waals surface area contributed by atoms with Crippen LogP contribution in [0.25, 0.3) is 22.7 Å². The zero-order chi connectivity index (χ0) is 21.3. The van der Waals surface area contributed by atoms with Crippen molar-refractivity contribution in [3.63, 3.8) is 0 Å². The molecule has 0 fully saturated rings. The van der Waals surface area contributed by atoms with Crippen molar-refractivity contribution >= 4 is 22.7 Å². The van der Waals surface area contributed by atoms with Crippen molar-refractivity contribution in [3.05, 3.63) is 69.5 Å². The van der Waals surface area contributed by atoms with Gasteiger partial charge in [-0.25, -0.2) is 0 Å². The molecule has 0 amide bonds. The Morgan fingerprint density at radius 2 is 1.76 bits per heavy atom. The van der Waals surface area contributed by atoms with Crippen molar-refractivity contribution in [2.45, 2.75) is 13.5 Å². The molecule has 2 aromatic carbocycles. The van der Waals surface area contributed by atoms with Crippen LogP contribution >= 0.6 is 0 Å². The van der Waals surface area contributed by atoms with Crippen molar-refractivity contribution in [1.82, 2.24) is 4.57 Å². The molecule has 0 unspecified atom stereocenters. The summed E-state index contributed by atoms with van der Waals surface area (Å²) in [6.07, 6.45) is 3.67. The molecule has 0 saturated heterocycles. The molecule has 0 aliphatic carbocycles. The van der Waals surface area contributed by atoms with Gasteiger partial charge in [-0.3, -0.25) is 10.1 Å². The maximum atomic E-state index is 12.1. The molecule has 7 nitrogen and oxygen atoms in total. The van der Waals surface area contributed by atoms with Gasteiger partial charge in [-0.2, -0.15) is 0 Å². The molecule has 29 heavy (non-hydrogen) atoms. The van der Waals surface area contributed by atoms with Crippen molar-refractivity contribution in [2.75, 3.05) is 28.2 Å². The van der Waals surface area contributed by atoms with Crippen LogP contribution in [0.5, 0.6) is 5.75 Å². The number of aromatic hydroxyl groups is 1. The molecule has 3 aromatic rings. The van der Waals surface area contributed by atoms with Crippen molar-refractivity contribution in [2.24, 2.45) is 0 Å². The average Bonchev–Trinajstić information content (AvgIpc) is 2.97. The van der Waals surface area contributed by atoms with Crippen LogP contribution < -0.4 is 9.80 Å². The van der Waals surface area contributed by atoms with Crippen LogP contribution in [0.3, 0.4) is 0 Å². The highest BCUT2D eigenvalue weighted by Gasteiger charge is 2.29. The topological polar surface area (TPSA) is 77.2 Å². The zero-order valence-corrected chi connectivity index (χ0v) is 17.5. The largest absolute Gasteiger partial charge is 0.507 e. The summed E-state index contributed by atoms with van der Waals surface area (Å²) in [5.74, 6) is 0.147. The van der Waals surface area contributed by atoms with Crippen LogP contribution in [0.2, 0.25) is 0 Å². The smallest absolute Gasteiger partial charge is 0.302 e. The Balaban J connectivity index is 2.50. The minimum Gasteiger partial charge on any atom is -0.507 e. The third-order valence-corrected chi connectivity index (χ3v) is 4.80. The second kappa shape index (κ2) is 8.06. The molecule has 0 radical (unpaired) electrons. The van der Waals surface area contributed by atoms with E-state index >= 15 is 0 Å². The van der Waals surface area contributed by atoms with Crippen LogP contribution in [0.15, 0.2) is 42.6 Å². The van der Waals surface area contributed by atoms with Gasteiger partial charge in [-0.05, 0) is 31.2 Å². The molecular formula is C22H28N4O3+2. The SMILES string of the molecule is Cc1ccc(-n2c(C=C[NH+](C)C)c([N+](=O)[O-])c3ccc(O)c(C[NH+](C)C)c32)cc1. The quantitative estimate of drug-likeness (QED) is 0.434. The second-order valence-corrected chi connectivity index (χ2v) is 7.92. The Kier molecular flexibility index (Phi) is 5.72. The molecule has 0 saturated carbocycles.